The summed E-state index contributed by atoms with van der Waals surface area (Å²) in [4.78, 5) is 153. The first kappa shape index (κ1) is 46.8. The zero-order valence-corrected chi connectivity index (χ0v) is 23.8. The van der Waals surface area contributed by atoms with Gasteiger partial charge in [0.2, 0.25) is 0 Å². The van der Waals surface area contributed by atoms with E-state index in [9.17, 15) is 0 Å². The van der Waals surface area contributed by atoms with Crippen molar-refractivity contribution >= 4 is 71.4 Å². The van der Waals surface area contributed by atoms with Crippen molar-refractivity contribution in [3.05, 3.63) is 0 Å². The Bertz CT molecular complexity index is 178. The van der Waals surface area contributed by atoms with E-state index in [0.717, 1.165) is 0 Å². The molecule has 0 saturated carbocycles. The van der Waals surface area contributed by atoms with Crippen molar-refractivity contribution in [2.75, 3.05) is 0 Å². The molecule has 0 fully saturated rings. The van der Waals surface area contributed by atoms with Gasteiger partial charge in [-0.15, -0.1) is 0 Å². The molecule has 0 saturated heterocycles. The molecule has 0 aromatic heterocycles. The van der Waals surface area contributed by atoms with Crippen LogP contribution in [-0.4, -0.2) is 143 Å². The van der Waals surface area contributed by atoms with Gasteiger partial charge in [-0.25, -0.2) is 0 Å². The van der Waals surface area contributed by atoms with Crippen LogP contribution in [0.2, 0.25) is 0 Å². The Balaban J connectivity index is -0.0000000364. The average molecular weight is 750 g/mol. The predicted octanol–water partition coefficient (Wildman–Crippen LogP) is -16.6. The van der Waals surface area contributed by atoms with E-state index in [2.05, 4.69) is 0 Å². The second-order valence-corrected chi connectivity index (χ2v) is 8.62. The van der Waals surface area contributed by atoms with Crippen LogP contribution in [0.5, 0.6) is 0 Å². The summed E-state index contributed by atoms with van der Waals surface area (Å²) in [7, 11) is -24.3. The molecule has 0 aliphatic heterocycles. The maximum absolute atomic E-state index is 8.91. The van der Waals surface area contributed by atoms with Gasteiger partial charge in [-0.2, -0.15) is 0 Å². The van der Waals surface area contributed by atoms with Gasteiger partial charge in [-0.05, 0) is 0 Å². The number of hydrogen-bond donors (Lipinski definition) is 15. The van der Waals surface area contributed by atoms with Gasteiger partial charge in [0.1, 0.15) is 0 Å². The molecule has 0 aliphatic carbocycles. The number of hydrogen-bond acceptors (Lipinski definition) is 20. The topological polar surface area (TPSA) is 419 Å². The quantitative estimate of drug-likeness (QED) is 0.102. The molecule has 0 bridgehead atoms. The molecule has 0 aromatic rings. The second-order valence-electron chi connectivity index (χ2n) is 2.87. The first-order valence-corrected chi connectivity index (χ1v) is 13.1. The Morgan fingerprint density at radius 2 is 0.370 bits per heavy atom. The zero-order chi connectivity index (χ0) is 22.5. The third kappa shape index (κ3) is 5760. The molecule has 0 spiro atoms. The Labute approximate surface area is 186 Å². The maximum Gasteiger partial charge on any atom is 3.00 e. The normalized spacial score (nSPS) is 11.1. The fourth-order valence-electron chi connectivity index (χ4n) is 0. The van der Waals surface area contributed by atoms with Crippen LogP contribution in [0.4, 0.5) is 0 Å². The molecule has 27 heteroatoms. The smallest absolute Gasteiger partial charge is 0.894 e. The molecular weight excluding hydrogens is 735 g/mol. The van der Waals surface area contributed by atoms with Gasteiger partial charge in [0.15, 0.2) is 0 Å². The monoisotopic (exact) mass is 748 g/mol. The largest absolute Gasteiger partial charge is 3.00 e. The number of rotatable bonds is 0. The van der Waals surface area contributed by atoms with E-state index in [0.29, 0.717) is 0 Å². The third-order valence-electron chi connectivity index (χ3n) is 0. The predicted molar refractivity (Wildman–Crippen MR) is 67.8 cm³/mol. The minimum Gasteiger partial charge on any atom is -0.894 e. The van der Waals surface area contributed by atoms with Crippen LogP contribution >= 0.6 is 0 Å². The molecule has 20 nitrogen and oxygen atoms in total. The molecule has 2 radical (unpaired) electrons. The second kappa shape index (κ2) is 19.7. The maximum atomic E-state index is 8.91. The molecule has 0 heterocycles. The van der Waals surface area contributed by atoms with E-state index >= 15 is 0 Å². The fraction of sp³-hybridized carbons (Fsp3) is 0. The molecule has 15 N–H and O–H groups in total. The van der Waals surface area contributed by atoms with E-state index in [-0.39, 0.29) is 45.7 Å². The zero-order valence-electron chi connectivity index (χ0n) is 12.4. The van der Waals surface area contributed by atoms with Gasteiger partial charge in [-0.1, -0.05) is 0 Å². The molecule has 0 aliphatic rings. The summed E-state index contributed by atoms with van der Waals surface area (Å²) < 4.78 is 0. The standard InChI is InChI=1S/Bi.3H4O4Si.H3O4Si.O4Si.Zn/c;5*1-5(2,3)4;/h;3*1-4H;1-3H;;/q+3;;;;-1;-4;+2. The van der Waals surface area contributed by atoms with Crippen LogP contribution in [-0.2, 0) is 19.5 Å². The third-order valence-corrected chi connectivity index (χ3v) is 0. The summed E-state index contributed by atoms with van der Waals surface area (Å²) >= 11 is 0. The van der Waals surface area contributed by atoms with Crippen molar-refractivity contribution in [1.29, 1.82) is 0 Å². The van der Waals surface area contributed by atoms with Gasteiger partial charge in [0.05, 0.1) is 0 Å². The Kier molecular flexibility index (Phi) is 34.2. The van der Waals surface area contributed by atoms with Gasteiger partial charge >= 0.3 is 81.9 Å². The summed E-state index contributed by atoms with van der Waals surface area (Å²) in [6, 6.07) is 0. The molecule has 162 valence electrons. The molecule has 0 rings (SSSR count). The Morgan fingerprint density at radius 3 is 0.370 bits per heavy atom. The summed E-state index contributed by atoms with van der Waals surface area (Å²) in [6.07, 6.45) is 0. The van der Waals surface area contributed by atoms with Gasteiger partial charge in [0.25, 0.3) is 0 Å². The van der Waals surface area contributed by atoms with Gasteiger partial charge in [0, 0.05) is 0 Å². The van der Waals surface area contributed by atoms with Crippen LogP contribution < -0.4 is 24.0 Å². The van der Waals surface area contributed by atoms with E-state index in [1.54, 1.807) is 0 Å². The van der Waals surface area contributed by atoms with Crippen LogP contribution in [0.25, 0.3) is 0 Å². The molecular formula is H15BiO20Si5Zn. The summed E-state index contributed by atoms with van der Waals surface area (Å²) in [5.74, 6) is 0. The van der Waals surface area contributed by atoms with Crippen LogP contribution in [0, 0.1) is 0 Å². The van der Waals surface area contributed by atoms with E-state index in [1.165, 1.54) is 0 Å². The van der Waals surface area contributed by atoms with Crippen LogP contribution in [0.15, 0.2) is 0 Å². The van der Waals surface area contributed by atoms with E-state index in [4.69, 9.17) is 95.9 Å². The molecule has 0 atom stereocenters. The first-order valence-electron chi connectivity index (χ1n) is 4.37. The van der Waals surface area contributed by atoms with Crippen molar-refractivity contribution in [2.45, 2.75) is 0 Å². The molecule has 0 aromatic carbocycles. The molecule has 27 heavy (non-hydrogen) atoms. The minimum atomic E-state index is -5.61. The molecule has 0 amide bonds. The van der Waals surface area contributed by atoms with Gasteiger partial charge in [-0.3, -0.25) is 0 Å². The average Bonchev–Trinajstić information content (AvgIpc) is 1.79. The van der Waals surface area contributed by atoms with Gasteiger partial charge < -0.3 is 105 Å². The van der Waals surface area contributed by atoms with Crippen molar-refractivity contribution < 1.29 is 115 Å². The van der Waals surface area contributed by atoms with E-state index in [1.807, 2.05) is 0 Å². The first-order chi connectivity index (χ1) is 10.0. The Morgan fingerprint density at radius 1 is 0.370 bits per heavy atom. The summed E-state index contributed by atoms with van der Waals surface area (Å²) in [6.45, 7) is 0. The fourth-order valence-corrected chi connectivity index (χ4v) is 0. The van der Waals surface area contributed by atoms with Crippen LogP contribution in [0.3, 0.4) is 0 Å². The summed E-state index contributed by atoms with van der Waals surface area (Å²) in [5, 5.41) is 0. The van der Waals surface area contributed by atoms with Crippen molar-refractivity contribution in [2.24, 2.45) is 0 Å². The Hall–Kier alpha value is 1.79. The van der Waals surface area contributed by atoms with Crippen LogP contribution in [0.1, 0.15) is 0 Å². The van der Waals surface area contributed by atoms with E-state index < -0.39 is 45.2 Å². The van der Waals surface area contributed by atoms with Crippen molar-refractivity contribution in [3.8, 4) is 0 Å². The SMILES string of the molecule is O[Si](O)(O)O.O[Si](O)(O)O.O[Si](O)(O)O.[Bi+3].[O-][Si](O)(O)O.[O-][Si]([O-])([O-])[O-].[Zn+2]. The minimum absolute atomic E-state index is 0. The summed E-state index contributed by atoms with van der Waals surface area (Å²) in [5.41, 5.74) is 0. The van der Waals surface area contributed by atoms with Crippen molar-refractivity contribution in [3.63, 3.8) is 0 Å². The van der Waals surface area contributed by atoms with Crippen molar-refractivity contribution in [1.82, 2.24) is 0 Å². The molecule has 0 unspecified atom stereocenters.